The maximum atomic E-state index is 14.1. The maximum absolute atomic E-state index is 14.1. The summed E-state index contributed by atoms with van der Waals surface area (Å²) in [6.07, 6.45) is 4.96. The zero-order valence-electron chi connectivity index (χ0n) is 21.0. The quantitative estimate of drug-likeness (QED) is 0.532. The second kappa shape index (κ2) is 10.3. The first kappa shape index (κ1) is 25.5. The van der Waals surface area contributed by atoms with Crippen LogP contribution in [0.15, 0.2) is 34.0 Å². The van der Waals surface area contributed by atoms with Gasteiger partial charge in [0.2, 0.25) is 0 Å². The number of nitrogens with one attached hydrogen (secondary N) is 1. The molecule has 1 aromatic carbocycles. The molecule has 10 heteroatoms. The fourth-order valence-corrected chi connectivity index (χ4v) is 6.71. The highest BCUT2D eigenvalue weighted by Gasteiger charge is 2.30. The number of carbonyl (C=O) groups is 1. The molecule has 1 saturated heterocycles. The van der Waals surface area contributed by atoms with Crippen LogP contribution in [0, 0.1) is 19.7 Å². The number of aromatic nitrogens is 3. The van der Waals surface area contributed by atoms with E-state index in [0.29, 0.717) is 42.4 Å². The molecule has 1 amide bonds. The Kier molecular flexibility index (Phi) is 7.11. The average Bonchev–Trinajstić information content (AvgIpc) is 2.89. The predicted molar refractivity (Wildman–Crippen MR) is 142 cm³/mol. The van der Waals surface area contributed by atoms with Gasteiger partial charge in [-0.15, -0.1) is 0 Å². The molecular formula is C27H31FN4O4S. The molecule has 3 aromatic rings. The molecule has 1 aliphatic heterocycles. The van der Waals surface area contributed by atoms with Crippen LogP contribution in [0.1, 0.15) is 72.1 Å². The normalized spacial score (nSPS) is 20.7. The fourth-order valence-electron chi connectivity index (χ4n) is 5.63. The molecule has 0 atom stereocenters. The van der Waals surface area contributed by atoms with Crippen molar-refractivity contribution in [3.63, 3.8) is 0 Å². The van der Waals surface area contributed by atoms with E-state index in [9.17, 15) is 23.9 Å². The number of carbonyl (C=O) groups excluding carboxylic acids is 1. The van der Waals surface area contributed by atoms with Crippen molar-refractivity contribution in [1.29, 1.82) is 0 Å². The number of hydrogen-bond acceptors (Lipinski definition) is 6. The Morgan fingerprint density at radius 1 is 1.00 bits per heavy atom. The van der Waals surface area contributed by atoms with E-state index >= 15 is 0 Å². The molecular weight excluding hydrogens is 495 g/mol. The predicted octanol–water partition coefficient (Wildman–Crippen LogP) is 4.00. The number of benzene rings is 1. The topological polar surface area (TPSA) is 106 Å². The summed E-state index contributed by atoms with van der Waals surface area (Å²) in [4.78, 5) is 44.1. The van der Waals surface area contributed by atoms with Gasteiger partial charge in [0.05, 0.1) is 11.6 Å². The molecule has 0 bridgehead atoms. The molecule has 3 heterocycles. The van der Waals surface area contributed by atoms with Gasteiger partial charge in [0.25, 0.3) is 11.5 Å². The summed E-state index contributed by atoms with van der Waals surface area (Å²) < 4.78 is 17.0. The number of phenols is 1. The third-order valence-electron chi connectivity index (χ3n) is 7.63. The Labute approximate surface area is 217 Å². The first-order valence-electron chi connectivity index (χ1n) is 12.8. The van der Waals surface area contributed by atoms with Gasteiger partial charge in [-0.05, 0) is 93.2 Å². The van der Waals surface area contributed by atoms with Gasteiger partial charge in [-0.25, -0.2) is 14.2 Å². The molecule has 2 fully saturated rings. The van der Waals surface area contributed by atoms with Crippen molar-refractivity contribution in [2.75, 3.05) is 11.5 Å². The van der Waals surface area contributed by atoms with Crippen LogP contribution < -0.4 is 16.6 Å². The second-order valence-electron chi connectivity index (χ2n) is 10.1. The summed E-state index contributed by atoms with van der Waals surface area (Å²) in [7, 11) is 0. The highest BCUT2D eigenvalue weighted by molar-refractivity contribution is 7.99. The summed E-state index contributed by atoms with van der Waals surface area (Å²) in [6.45, 7) is 3.51. The zero-order valence-corrected chi connectivity index (χ0v) is 21.8. The van der Waals surface area contributed by atoms with E-state index in [2.05, 4.69) is 10.3 Å². The molecule has 8 nitrogen and oxygen atoms in total. The minimum absolute atomic E-state index is 0.0751. The van der Waals surface area contributed by atoms with Crippen molar-refractivity contribution in [3.05, 3.63) is 67.7 Å². The first-order valence-corrected chi connectivity index (χ1v) is 13.9. The monoisotopic (exact) mass is 526 g/mol. The second-order valence-corrected chi connectivity index (χ2v) is 11.4. The molecule has 0 unspecified atom stereocenters. The number of aromatic hydroxyl groups is 1. The van der Waals surface area contributed by atoms with E-state index in [0.717, 1.165) is 30.5 Å². The highest BCUT2D eigenvalue weighted by atomic mass is 32.2. The van der Waals surface area contributed by atoms with E-state index in [-0.39, 0.29) is 46.5 Å². The summed E-state index contributed by atoms with van der Waals surface area (Å²) in [5, 5.41) is 13.2. The van der Waals surface area contributed by atoms with Crippen LogP contribution in [0.4, 0.5) is 4.39 Å². The molecule has 2 N–H and O–H groups in total. The van der Waals surface area contributed by atoms with E-state index in [1.54, 1.807) is 30.5 Å². The maximum Gasteiger partial charge on any atom is 0.333 e. The van der Waals surface area contributed by atoms with Crippen molar-refractivity contribution in [2.24, 2.45) is 0 Å². The highest BCUT2D eigenvalue weighted by Crippen LogP contribution is 2.30. The Morgan fingerprint density at radius 3 is 2.27 bits per heavy atom. The van der Waals surface area contributed by atoms with Gasteiger partial charge in [0.1, 0.15) is 17.2 Å². The number of phenolic OH excluding ortho intramolecular Hbond substituents is 1. The van der Waals surface area contributed by atoms with Crippen LogP contribution in [0.2, 0.25) is 0 Å². The van der Waals surface area contributed by atoms with Crippen molar-refractivity contribution in [2.45, 2.75) is 70.5 Å². The van der Waals surface area contributed by atoms with Crippen LogP contribution in [0.5, 0.6) is 5.75 Å². The van der Waals surface area contributed by atoms with Crippen molar-refractivity contribution < 1.29 is 14.3 Å². The van der Waals surface area contributed by atoms with Gasteiger partial charge < -0.3 is 10.4 Å². The van der Waals surface area contributed by atoms with E-state index in [4.69, 9.17) is 0 Å². The molecule has 5 rings (SSSR count). The lowest BCUT2D eigenvalue weighted by molar-refractivity contribution is 0.0921. The third kappa shape index (κ3) is 4.91. The number of rotatable bonds is 4. The van der Waals surface area contributed by atoms with Crippen LogP contribution in [-0.4, -0.2) is 42.7 Å². The molecule has 196 valence electrons. The zero-order chi connectivity index (χ0) is 26.3. The number of pyridine rings is 1. The number of thioether (sulfide) groups is 1. The number of aryl methyl sites for hydroxylation is 2. The fraction of sp³-hybridized carbons (Fsp3) is 0.481. The van der Waals surface area contributed by atoms with Crippen LogP contribution >= 0.6 is 11.8 Å². The van der Waals surface area contributed by atoms with E-state index in [1.165, 1.54) is 10.6 Å². The number of amides is 1. The molecule has 37 heavy (non-hydrogen) atoms. The molecule has 0 radical (unpaired) electrons. The smallest absolute Gasteiger partial charge is 0.333 e. The van der Waals surface area contributed by atoms with Gasteiger partial charge >= 0.3 is 5.69 Å². The molecule has 2 aliphatic rings. The van der Waals surface area contributed by atoms with Gasteiger partial charge in [-0.2, -0.15) is 11.8 Å². The SMILES string of the molecule is Cc1cc(C(=O)NC2CCC(n3c(=O)c4cc(F)cnc4n(C4CCSCC4)c3=O)CC2)cc(C)c1O. The third-order valence-corrected chi connectivity index (χ3v) is 8.68. The summed E-state index contributed by atoms with van der Waals surface area (Å²) in [6, 6.07) is 4.01. The minimum Gasteiger partial charge on any atom is -0.507 e. The van der Waals surface area contributed by atoms with Crippen molar-refractivity contribution in [1.82, 2.24) is 19.4 Å². The van der Waals surface area contributed by atoms with Crippen LogP contribution in [-0.2, 0) is 0 Å². The standard InChI is InChI=1S/C27H31FN4O4S/c1-15-11-17(12-16(2)23(15)33)25(34)30-19-3-5-20(6-4-19)32-26(35)22-13-18(28)14-29-24(22)31(27(32)36)21-7-9-37-10-8-21/h11-14,19-21,33H,3-10H2,1-2H3,(H,30,34). The summed E-state index contributed by atoms with van der Waals surface area (Å²) in [5.41, 5.74) is 1.15. The van der Waals surface area contributed by atoms with Crippen LogP contribution in [0.3, 0.4) is 0 Å². The van der Waals surface area contributed by atoms with Gasteiger partial charge in [0, 0.05) is 23.7 Å². The lowest BCUT2D eigenvalue weighted by Crippen LogP contribution is -2.46. The lowest BCUT2D eigenvalue weighted by Gasteiger charge is -2.31. The van der Waals surface area contributed by atoms with E-state index in [1.807, 2.05) is 11.8 Å². The molecule has 1 saturated carbocycles. The summed E-state index contributed by atoms with van der Waals surface area (Å²) in [5.74, 6) is 1.21. The molecule has 1 aliphatic carbocycles. The number of hydrogen-bond donors (Lipinski definition) is 2. The average molecular weight is 527 g/mol. The minimum atomic E-state index is -0.605. The lowest BCUT2D eigenvalue weighted by atomic mass is 9.90. The number of nitrogens with zero attached hydrogens (tertiary/aromatic N) is 3. The van der Waals surface area contributed by atoms with E-state index < -0.39 is 11.4 Å². The number of halogens is 1. The number of fused-ring (bicyclic) bond motifs is 1. The van der Waals surface area contributed by atoms with Crippen molar-refractivity contribution >= 4 is 28.7 Å². The van der Waals surface area contributed by atoms with Gasteiger partial charge in [-0.1, -0.05) is 0 Å². The Hall–Kier alpha value is -3.14. The first-order chi connectivity index (χ1) is 17.7. The Balaban J connectivity index is 1.40. The van der Waals surface area contributed by atoms with Gasteiger partial charge in [0.15, 0.2) is 0 Å². The Morgan fingerprint density at radius 2 is 1.62 bits per heavy atom. The van der Waals surface area contributed by atoms with Gasteiger partial charge in [-0.3, -0.25) is 18.7 Å². The Bertz CT molecular complexity index is 1450. The molecule has 2 aromatic heterocycles. The van der Waals surface area contributed by atoms with Crippen molar-refractivity contribution in [3.8, 4) is 5.75 Å². The summed E-state index contributed by atoms with van der Waals surface area (Å²) >= 11 is 1.84. The van der Waals surface area contributed by atoms with Crippen LogP contribution in [0.25, 0.3) is 11.0 Å². The largest absolute Gasteiger partial charge is 0.507 e. The molecule has 0 spiro atoms.